The molecule has 0 spiro atoms. The third kappa shape index (κ3) is 2.19. The van der Waals surface area contributed by atoms with E-state index in [1.807, 2.05) is 42.9 Å². The quantitative estimate of drug-likeness (QED) is 0.740. The minimum absolute atomic E-state index is 0.636. The van der Waals surface area contributed by atoms with Crippen LogP contribution in [0.25, 0.3) is 22.6 Å². The first-order valence-corrected chi connectivity index (χ1v) is 7.05. The number of imidazole rings is 1. The van der Waals surface area contributed by atoms with Crippen molar-refractivity contribution in [2.45, 2.75) is 26.8 Å². The molecule has 0 atom stereocenters. The molecule has 0 aliphatic rings. The maximum Gasteiger partial charge on any atom is 0.159 e. The molecule has 2 heterocycles. The van der Waals surface area contributed by atoms with Crippen molar-refractivity contribution in [3.8, 4) is 17.6 Å². The van der Waals surface area contributed by atoms with Crippen LogP contribution in [0.15, 0.2) is 24.3 Å². The monoisotopic (exact) mass is 279 g/mol. The molecule has 0 fully saturated rings. The molecule has 106 valence electrons. The normalized spacial score (nSPS) is 11.0. The lowest BCUT2D eigenvalue weighted by Crippen LogP contribution is -2.03. The fraction of sp³-hybridized carbons (Fsp3) is 0.312. The Balaban J connectivity index is 2.28. The molecule has 0 saturated carbocycles. The summed E-state index contributed by atoms with van der Waals surface area (Å²) in [5.74, 6) is 0.907. The van der Waals surface area contributed by atoms with Gasteiger partial charge in [-0.25, -0.2) is 4.98 Å². The summed E-state index contributed by atoms with van der Waals surface area (Å²) in [6, 6.07) is 9.87. The second-order valence-electron chi connectivity index (χ2n) is 5.20. The van der Waals surface area contributed by atoms with Crippen LogP contribution in [-0.4, -0.2) is 19.3 Å². The Bertz CT molecular complexity index is 848. The molecule has 0 bridgehead atoms. The first kappa shape index (κ1) is 13.4. The molecule has 0 unspecified atom stereocenters. The molecule has 0 aliphatic heterocycles. The van der Waals surface area contributed by atoms with Crippen LogP contribution < -0.4 is 0 Å². The Hall–Kier alpha value is -2.61. The highest BCUT2D eigenvalue weighted by Gasteiger charge is 2.16. The molecule has 3 aromatic rings. The van der Waals surface area contributed by atoms with Crippen LogP contribution in [0, 0.1) is 18.3 Å². The summed E-state index contributed by atoms with van der Waals surface area (Å²) in [7, 11) is 1.93. The maximum absolute atomic E-state index is 9.04. The van der Waals surface area contributed by atoms with Crippen molar-refractivity contribution in [3.63, 3.8) is 0 Å². The Morgan fingerprint density at radius 2 is 2.10 bits per heavy atom. The number of aromatic nitrogens is 4. The summed E-state index contributed by atoms with van der Waals surface area (Å²) in [6.45, 7) is 5.01. The standard InChI is InChI=1S/C16H17N5/c1-4-7-21-14-6-5-12(10-17)9-13(14)18-16(21)15-8-11(2)19-20(15)3/h5-6,8-9H,4,7H2,1-3H3. The van der Waals surface area contributed by atoms with Gasteiger partial charge in [-0.2, -0.15) is 10.4 Å². The summed E-state index contributed by atoms with van der Waals surface area (Å²) in [6.07, 6.45) is 1.02. The van der Waals surface area contributed by atoms with Crippen LogP contribution in [0.2, 0.25) is 0 Å². The number of nitriles is 1. The summed E-state index contributed by atoms with van der Waals surface area (Å²) in [5, 5.41) is 13.4. The summed E-state index contributed by atoms with van der Waals surface area (Å²) < 4.78 is 4.06. The Labute approximate surface area is 123 Å². The molecule has 0 N–H and O–H groups in total. The van der Waals surface area contributed by atoms with Crippen LogP contribution in [0.1, 0.15) is 24.6 Å². The first-order chi connectivity index (χ1) is 10.1. The Kier molecular flexibility index (Phi) is 3.22. The zero-order valence-electron chi connectivity index (χ0n) is 12.5. The van der Waals surface area contributed by atoms with Crippen molar-refractivity contribution in [2.24, 2.45) is 7.05 Å². The van der Waals surface area contributed by atoms with E-state index in [-0.39, 0.29) is 0 Å². The second kappa shape index (κ2) is 5.06. The molecule has 0 radical (unpaired) electrons. The second-order valence-corrected chi connectivity index (χ2v) is 5.20. The van der Waals surface area contributed by atoms with Crippen molar-refractivity contribution in [1.82, 2.24) is 19.3 Å². The smallest absolute Gasteiger partial charge is 0.159 e. The zero-order chi connectivity index (χ0) is 15.0. The number of hydrogen-bond donors (Lipinski definition) is 0. The van der Waals surface area contributed by atoms with Crippen molar-refractivity contribution in [1.29, 1.82) is 5.26 Å². The van der Waals surface area contributed by atoms with Gasteiger partial charge in [0.05, 0.1) is 28.4 Å². The predicted octanol–water partition coefficient (Wildman–Crippen LogP) is 3.03. The van der Waals surface area contributed by atoms with E-state index in [1.54, 1.807) is 0 Å². The summed E-state index contributed by atoms with van der Waals surface area (Å²) in [4.78, 5) is 4.74. The number of rotatable bonds is 3. The van der Waals surface area contributed by atoms with Gasteiger partial charge >= 0.3 is 0 Å². The van der Waals surface area contributed by atoms with Gasteiger partial charge in [-0.3, -0.25) is 4.68 Å². The minimum Gasteiger partial charge on any atom is -0.323 e. The van der Waals surface area contributed by atoms with Crippen LogP contribution in [0.5, 0.6) is 0 Å². The van der Waals surface area contributed by atoms with Gasteiger partial charge in [-0.05, 0) is 37.6 Å². The van der Waals surface area contributed by atoms with E-state index in [0.29, 0.717) is 5.56 Å². The summed E-state index contributed by atoms with van der Waals surface area (Å²) >= 11 is 0. The van der Waals surface area contributed by atoms with E-state index in [2.05, 4.69) is 22.7 Å². The first-order valence-electron chi connectivity index (χ1n) is 7.05. The molecule has 0 amide bonds. The van der Waals surface area contributed by atoms with Crippen LogP contribution in [-0.2, 0) is 13.6 Å². The van der Waals surface area contributed by atoms with Crippen LogP contribution >= 0.6 is 0 Å². The van der Waals surface area contributed by atoms with Gasteiger partial charge in [0, 0.05) is 13.6 Å². The molecular formula is C16H17N5. The van der Waals surface area contributed by atoms with Crippen molar-refractivity contribution in [3.05, 3.63) is 35.5 Å². The van der Waals surface area contributed by atoms with Crippen LogP contribution in [0.4, 0.5) is 0 Å². The molecule has 2 aromatic heterocycles. The number of nitrogens with zero attached hydrogens (tertiary/aromatic N) is 5. The van der Waals surface area contributed by atoms with Crippen LogP contribution in [0.3, 0.4) is 0 Å². The van der Waals surface area contributed by atoms with E-state index in [1.165, 1.54) is 0 Å². The number of hydrogen-bond acceptors (Lipinski definition) is 3. The third-order valence-electron chi connectivity index (χ3n) is 3.56. The minimum atomic E-state index is 0.636. The molecule has 5 heteroatoms. The highest BCUT2D eigenvalue weighted by atomic mass is 15.3. The van der Waals surface area contributed by atoms with Gasteiger partial charge in [-0.15, -0.1) is 0 Å². The lowest BCUT2D eigenvalue weighted by molar-refractivity contribution is 0.690. The molecule has 0 saturated heterocycles. The number of benzene rings is 1. The molecule has 0 aliphatic carbocycles. The van der Waals surface area contributed by atoms with Crippen molar-refractivity contribution < 1.29 is 0 Å². The average Bonchev–Trinajstić information content (AvgIpc) is 2.99. The van der Waals surface area contributed by atoms with Gasteiger partial charge in [0.15, 0.2) is 5.82 Å². The molecule has 1 aromatic carbocycles. The van der Waals surface area contributed by atoms with Gasteiger partial charge in [-0.1, -0.05) is 6.92 Å². The molecule has 5 nitrogen and oxygen atoms in total. The predicted molar refractivity (Wildman–Crippen MR) is 81.7 cm³/mol. The van der Waals surface area contributed by atoms with E-state index < -0.39 is 0 Å². The van der Waals surface area contributed by atoms with E-state index >= 15 is 0 Å². The fourth-order valence-corrected chi connectivity index (χ4v) is 2.66. The highest BCUT2D eigenvalue weighted by molar-refractivity contribution is 5.81. The third-order valence-corrected chi connectivity index (χ3v) is 3.56. The van der Waals surface area contributed by atoms with Gasteiger partial charge < -0.3 is 4.57 Å². The van der Waals surface area contributed by atoms with Crippen molar-refractivity contribution >= 4 is 11.0 Å². The topological polar surface area (TPSA) is 59.4 Å². The summed E-state index contributed by atoms with van der Waals surface area (Å²) in [5.41, 5.74) is 4.52. The Morgan fingerprint density at radius 3 is 2.71 bits per heavy atom. The Morgan fingerprint density at radius 1 is 1.29 bits per heavy atom. The largest absolute Gasteiger partial charge is 0.323 e. The highest BCUT2D eigenvalue weighted by Crippen LogP contribution is 2.26. The van der Waals surface area contributed by atoms with Gasteiger partial charge in [0.1, 0.15) is 5.69 Å². The number of fused-ring (bicyclic) bond motifs is 1. The van der Waals surface area contributed by atoms with E-state index in [0.717, 1.165) is 41.2 Å². The maximum atomic E-state index is 9.04. The molecule has 3 rings (SSSR count). The lowest BCUT2D eigenvalue weighted by atomic mass is 10.2. The molecular weight excluding hydrogens is 262 g/mol. The lowest BCUT2D eigenvalue weighted by Gasteiger charge is -2.07. The average molecular weight is 279 g/mol. The molecule has 21 heavy (non-hydrogen) atoms. The fourth-order valence-electron chi connectivity index (χ4n) is 2.66. The van der Waals surface area contributed by atoms with Gasteiger partial charge in [0.2, 0.25) is 0 Å². The van der Waals surface area contributed by atoms with E-state index in [4.69, 9.17) is 10.2 Å². The van der Waals surface area contributed by atoms with E-state index in [9.17, 15) is 0 Å². The SMILES string of the molecule is CCCn1c(-c2cc(C)nn2C)nc2cc(C#N)ccc21. The number of aryl methyl sites for hydroxylation is 3. The van der Waals surface area contributed by atoms with Gasteiger partial charge in [0.25, 0.3) is 0 Å². The van der Waals surface area contributed by atoms with Crippen molar-refractivity contribution in [2.75, 3.05) is 0 Å². The zero-order valence-corrected chi connectivity index (χ0v) is 12.5.